The van der Waals surface area contributed by atoms with E-state index in [9.17, 15) is 34.2 Å². The minimum Gasteiger partial charge on any atom is -0.508 e. The first-order chi connectivity index (χ1) is 18.5. The maximum absolute atomic E-state index is 12.9. The van der Waals surface area contributed by atoms with Crippen molar-refractivity contribution in [3.8, 4) is 5.75 Å². The van der Waals surface area contributed by atoms with E-state index in [2.05, 4.69) is 21.3 Å². The third-order valence-corrected chi connectivity index (χ3v) is 5.79. The van der Waals surface area contributed by atoms with Gasteiger partial charge >= 0.3 is 0 Å². The molecule has 0 radical (unpaired) electrons. The van der Waals surface area contributed by atoms with Gasteiger partial charge in [0.05, 0.1) is 12.6 Å². The number of aliphatic hydroxyl groups excluding tert-OH is 1. The summed E-state index contributed by atoms with van der Waals surface area (Å²) in [6, 6.07) is 11.4. The molecule has 0 aliphatic rings. The molecule has 2 aromatic rings. The Kier molecular flexibility index (Phi) is 11.9. The number of nitrogens with two attached hydrogens (primary N) is 1. The molecule has 4 atom stereocenters. The third kappa shape index (κ3) is 10.4. The van der Waals surface area contributed by atoms with Gasteiger partial charge in [0.1, 0.15) is 23.9 Å². The lowest BCUT2D eigenvalue weighted by atomic mass is 10.0. The van der Waals surface area contributed by atoms with E-state index in [1.54, 1.807) is 31.2 Å². The first-order valence-corrected chi connectivity index (χ1v) is 12.5. The van der Waals surface area contributed by atoms with Gasteiger partial charge in [-0.2, -0.15) is 0 Å². The fourth-order valence-electron chi connectivity index (χ4n) is 3.65. The number of rotatable bonds is 14. The van der Waals surface area contributed by atoms with Gasteiger partial charge < -0.3 is 37.2 Å². The number of carbonyl (C=O) groups excluding carboxylic acids is 5. The zero-order valence-corrected chi connectivity index (χ0v) is 21.8. The largest absolute Gasteiger partial charge is 0.508 e. The zero-order valence-electron chi connectivity index (χ0n) is 21.8. The monoisotopic (exact) mass is 541 g/mol. The molecule has 39 heavy (non-hydrogen) atoms. The molecule has 8 N–H and O–H groups in total. The van der Waals surface area contributed by atoms with E-state index in [1.807, 2.05) is 18.2 Å². The number of aliphatic hydroxyl groups is 1. The summed E-state index contributed by atoms with van der Waals surface area (Å²) in [4.78, 5) is 62.2. The van der Waals surface area contributed by atoms with Crippen LogP contribution in [0, 0.1) is 0 Å². The predicted molar refractivity (Wildman–Crippen MR) is 142 cm³/mol. The van der Waals surface area contributed by atoms with E-state index in [0.29, 0.717) is 5.56 Å². The Hall–Kier alpha value is -4.45. The highest BCUT2D eigenvalue weighted by Gasteiger charge is 2.29. The van der Waals surface area contributed by atoms with Gasteiger partial charge in [-0.25, -0.2) is 0 Å². The molecule has 12 heteroatoms. The van der Waals surface area contributed by atoms with Crippen LogP contribution in [-0.2, 0) is 36.8 Å². The summed E-state index contributed by atoms with van der Waals surface area (Å²) in [5, 5.41) is 29.3. The van der Waals surface area contributed by atoms with Crippen LogP contribution < -0.4 is 27.0 Å². The van der Waals surface area contributed by atoms with Crippen molar-refractivity contribution in [2.75, 3.05) is 6.54 Å². The number of nitrogens with one attached hydrogen (secondary N) is 4. The van der Waals surface area contributed by atoms with Gasteiger partial charge in [0.15, 0.2) is 0 Å². The number of primary amides is 1. The van der Waals surface area contributed by atoms with Crippen LogP contribution in [0.5, 0.6) is 5.75 Å². The summed E-state index contributed by atoms with van der Waals surface area (Å²) >= 11 is 0. The Balaban J connectivity index is 2.10. The lowest BCUT2D eigenvalue weighted by Crippen LogP contribution is -2.58. The molecule has 0 fully saturated rings. The van der Waals surface area contributed by atoms with Gasteiger partial charge in [-0.15, -0.1) is 0 Å². The van der Waals surface area contributed by atoms with E-state index in [4.69, 9.17) is 5.73 Å². The number of aromatic hydroxyl groups is 1. The van der Waals surface area contributed by atoms with Crippen molar-refractivity contribution in [3.05, 3.63) is 65.7 Å². The van der Waals surface area contributed by atoms with Crippen LogP contribution in [0.4, 0.5) is 0 Å². The number of hydrogen-bond donors (Lipinski definition) is 7. The highest BCUT2D eigenvalue weighted by Crippen LogP contribution is 2.12. The van der Waals surface area contributed by atoms with Crippen molar-refractivity contribution in [2.24, 2.45) is 5.73 Å². The fraction of sp³-hybridized carbons (Fsp3) is 0.370. The summed E-state index contributed by atoms with van der Waals surface area (Å²) < 4.78 is 0. The summed E-state index contributed by atoms with van der Waals surface area (Å²) in [7, 11) is 0. The topological polar surface area (TPSA) is 200 Å². The van der Waals surface area contributed by atoms with Crippen molar-refractivity contribution < 1.29 is 34.2 Å². The number of amides is 5. The van der Waals surface area contributed by atoms with Gasteiger partial charge in [0.2, 0.25) is 29.5 Å². The van der Waals surface area contributed by atoms with Gasteiger partial charge in [-0.05, 0) is 30.2 Å². The standard InChI is InChI=1S/C27H35N5O7/c1-3-22(35)30-20(13-17-7-5-4-6-8-17)26(38)29-15-23(36)31-21(14-18-9-11-19(34)12-10-18)27(39)32-24(16(2)33)25(28)37/h4-12,16,20-21,24,33-34H,3,13-15H2,1-2H3,(H2,28,37)(H,29,38)(H,30,35)(H,31,36)(H,32,39)/t16-,20+,21+,24+/m1/s1. The van der Waals surface area contributed by atoms with Crippen molar-refractivity contribution in [1.29, 1.82) is 0 Å². The Morgan fingerprint density at radius 1 is 0.795 bits per heavy atom. The quantitative estimate of drug-likeness (QED) is 0.159. The first-order valence-electron chi connectivity index (χ1n) is 12.5. The molecule has 0 bridgehead atoms. The molecule has 0 saturated heterocycles. The van der Waals surface area contributed by atoms with Crippen LogP contribution in [0.2, 0.25) is 0 Å². The summed E-state index contributed by atoms with van der Waals surface area (Å²) in [6.07, 6.45) is -0.929. The summed E-state index contributed by atoms with van der Waals surface area (Å²) in [6.45, 7) is 2.43. The first kappa shape index (κ1) is 30.8. The van der Waals surface area contributed by atoms with Crippen molar-refractivity contribution in [1.82, 2.24) is 21.3 Å². The second kappa shape index (κ2) is 15.1. The number of phenolic OH excluding ortho intramolecular Hbond substituents is 1. The van der Waals surface area contributed by atoms with Crippen LogP contribution in [0.3, 0.4) is 0 Å². The van der Waals surface area contributed by atoms with Gasteiger partial charge in [-0.3, -0.25) is 24.0 Å². The Bertz CT molecular complexity index is 1140. The smallest absolute Gasteiger partial charge is 0.243 e. The molecule has 0 aliphatic carbocycles. The van der Waals surface area contributed by atoms with Gasteiger partial charge in [0, 0.05) is 19.3 Å². The Morgan fingerprint density at radius 2 is 1.33 bits per heavy atom. The number of carbonyl (C=O) groups is 5. The molecule has 0 heterocycles. The third-order valence-electron chi connectivity index (χ3n) is 5.79. The summed E-state index contributed by atoms with van der Waals surface area (Å²) in [5.74, 6) is -3.37. The minimum atomic E-state index is -1.39. The molecular weight excluding hydrogens is 506 g/mol. The van der Waals surface area contributed by atoms with Crippen LogP contribution in [0.1, 0.15) is 31.4 Å². The minimum absolute atomic E-state index is 0.00891. The average Bonchev–Trinajstić information content (AvgIpc) is 2.90. The summed E-state index contributed by atoms with van der Waals surface area (Å²) in [5.41, 5.74) is 6.65. The number of benzene rings is 2. The average molecular weight is 542 g/mol. The van der Waals surface area contributed by atoms with Gasteiger partial charge in [0.25, 0.3) is 0 Å². The van der Waals surface area contributed by atoms with Crippen LogP contribution in [0.15, 0.2) is 54.6 Å². The fourth-order valence-corrected chi connectivity index (χ4v) is 3.65. The normalized spacial score (nSPS) is 13.7. The van der Waals surface area contributed by atoms with Crippen LogP contribution >= 0.6 is 0 Å². The molecule has 12 nitrogen and oxygen atoms in total. The number of hydrogen-bond acceptors (Lipinski definition) is 7. The highest BCUT2D eigenvalue weighted by molar-refractivity contribution is 5.94. The maximum Gasteiger partial charge on any atom is 0.243 e. The van der Waals surface area contributed by atoms with Gasteiger partial charge in [-0.1, -0.05) is 49.4 Å². The lowest BCUT2D eigenvalue weighted by molar-refractivity contribution is -0.133. The predicted octanol–water partition coefficient (Wildman–Crippen LogP) is -0.976. The van der Waals surface area contributed by atoms with Crippen molar-refractivity contribution >= 4 is 29.5 Å². The van der Waals surface area contributed by atoms with E-state index >= 15 is 0 Å². The molecule has 5 amide bonds. The second-order valence-corrected chi connectivity index (χ2v) is 9.00. The SMILES string of the molecule is CCC(=O)N[C@@H](Cc1ccccc1)C(=O)NCC(=O)N[C@@H](Cc1ccc(O)cc1)C(=O)N[C@H](C(N)=O)[C@@H](C)O. The zero-order chi connectivity index (χ0) is 28.9. The van der Waals surface area contributed by atoms with Crippen LogP contribution in [-0.4, -0.2) is 70.5 Å². The molecule has 0 unspecified atom stereocenters. The molecule has 0 saturated carbocycles. The highest BCUT2D eigenvalue weighted by atomic mass is 16.3. The molecule has 0 spiro atoms. The van der Waals surface area contributed by atoms with Crippen molar-refractivity contribution in [2.45, 2.75) is 57.3 Å². The molecule has 0 aromatic heterocycles. The molecule has 0 aliphatic heterocycles. The number of phenols is 1. The molecule has 2 rings (SSSR count). The molecule has 210 valence electrons. The van der Waals surface area contributed by atoms with E-state index < -0.39 is 54.4 Å². The van der Waals surface area contributed by atoms with E-state index in [1.165, 1.54) is 19.1 Å². The Labute approximate surface area is 226 Å². The van der Waals surface area contributed by atoms with Crippen LogP contribution in [0.25, 0.3) is 0 Å². The lowest BCUT2D eigenvalue weighted by Gasteiger charge is -2.24. The molecular formula is C27H35N5O7. The second-order valence-electron chi connectivity index (χ2n) is 9.00. The van der Waals surface area contributed by atoms with E-state index in [0.717, 1.165) is 5.56 Å². The molecule has 2 aromatic carbocycles. The van der Waals surface area contributed by atoms with E-state index in [-0.39, 0.29) is 30.9 Å². The Morgan fingerprint density at radius 3 is 1.87 bits per heavy atom. The van der Waals surface area contributed by atoms with Crippen molar-refractivity contribution in [3.63, 3.8) is 0 Å². The maximum atomic E-state index is 12.9.